The van der Waals surface area contributed by atoms with E-state index in [9.17, 15) is 97.1 Å². The number of carboxylic acids is 3. The number of carbonyl (C=O) groups is 16. The number of nitrogens with two attached hydrogens (primary N) is 7. The molecule has 1 aromatic rings. The van der Waals surface area contributed by atoms with Crippen molar-refractivity contribution in [2.24, 2.45) is 51.0 Å². The number of rotatable bonds is 45. The molecule has 1 aliphatic rings. The van der Waals surface area contributed by atoms with Crippen LogP contribution in [-0.2, 0) is 83.1 Å². The third-order valence-electron chi connectivity index (χ3n) is 14.6. The van der Waals surface area contributed by atoms with Gasteiger partial charge in [0, 0.05) is 38.8 Å². The largest absolute Gasteiger partial charge is 0.481 e. The van der Waals surface area contributed by atoms with Crippen LogP contribution < -0.4 is 88.0 Å². The van der Waals surface area contributed by atoms with Gasteiger partial charge in [0.25, 0.3) is 0 Å². The number of aliphatic hydroxyl groups is 1. The van der Waals surface area contributed by atoms with Crippen molar-refractivity contribution in [2.75, 3.05) is 26.2 Å². The number of amides is 13. The van der Waals surface area contributed by atoms with Gasteiger partial charge in [-0.1, -0.05) is 44.2 Å². The Bertz CT molecular complexity index is 2920. The van der Waals surface area contributed by atoms with Gasteiger partial charge in [-0.3, -0.25) is 76.9 Å². The minimum Gasteiger partial charge on any atom is -0.481 e. The summed E-state index contributed by atoms with van der Waals surface area (Å²) in [6.07, 6.45) is -5.09. The normalized spacial score (nSPS) is 15.7. The first-order valence-corrected chi connectivity index (χ1v) is 30.4. The molecule has 38 nitrogen and oxygen atoms in total. The summed E-state index contributed by atoms with van der Waals surface area (Å²) >= 11 is 0. The molecule has 0 aliphatic carbocycles. The zero-order valence-corrected chi connectivity index (χ0v) is 52.7. The second kappa shape index (κ2) is 41.5. The van der Waals surface area contributed by atoms with Crippen LogP contribution in [0.3, 0.4) is 0 Å². The van der Waals surface area contributed by atoms with E-state index in [0.717, 1.165) is 4.90 Å². The van der Waals surface area contributed by atoms with Gasteiger partial charge in [0.1, 0.15) is 60.4 Å². The number of aliphatic carboxylic acids is 3. The van der Waals surface area contributed by atoms with Crippen molar-refractivity contribution in [3.8, 4) is 0 Å². The number of unbranched alkanes of at least 4 members (excludes halogenated alkanes) is 1. The number of hydrogen-bond acceptors (Lipinski definition) is 20. The number of nitrogens with one attached hydrogen (secondary N) is 9. The molecule has 528 valence electrons. The second-order valence-corrected chi connectivity index (χ2v) is 22.7. The quantitative estimate of drug-likeness (QED) is 0.0164. The highest BCUT2D eigenvalue weighted by Crippen LogP contribution is 2.21. The summed E-state index contributed by atoms with van der Waals surface area (Å²) in [4.78, 5) is 216. The molecular formula is C57H90N18O20. The minimum absolute atomic E-state index is 0.00146. The summed E-state index contributed by atoms with van der Waals surface area (Å²) in [7, 11) is 0. The summed E-state index contributed by atoms with van der Waals surface area (Å²) in [5.41, 5.74) is 39.1. The number of likely N-dealkylation sites (tertiary alicyclic amines) is 1. The predicted octanol–water partition coefficient (Wildman–Crippen LogP) is -8.43. The molecular weight excluding hydrogens is 1260 g/mol. The minimum atomic E-state index is -2.21. The van der Waals surface area contributed by atoms with Gasteiger partial charge in [0.05, 0.1) is 25.5 Å². The SMILES string of the molecule is CC(C)[C@H](NC(=O)[C@@H]1CCCN1C(=O)[C@H](CC(N)=O)NC(=O)[C@H](CCC(=O)O)NC(=O)[C@H](CC(=O)O)NC(=O)[C@H](CO)NC(=O)[C@H](CCCN=C(N)N)NC(=O)[C@H](CCC(N)=O)NC(=O)[C@H](Cc1ccccc1)NC(=O)[C@H](CCCCN)NC(=O)[C@@H](N)CCC(N)=O)C(=O)O. The number of carbonyl (C=O) groups excluding carboxylic acids is 13. The van der Waals surface area contributed by atoms with E-state index in [1.165, 1.54) is 13.8 Å². The Morgan fingerprint density at radius 3 is 1.48 bits per heavy atom. The first kappa shape index (κ1) is 81.0. The monoisotopic (exact) mass is 1350 g/mol. The molecule has 1 aromatic carbocycles. The third-order valence-corrected chi connectivity index (χ3v) is 14.6. The average molecular weight is 1350 g/mol. The van der Waals surface area contributed by atoms with Crippen LogP contribution in [0.5, 0.6) is 0 Å². The summed E-state index contributed by atoms with van der Waals surface area (Å²) < 4.78 is 0. The van der Waals surface area contributed by atoms with Crippen molar-refractivity contribution in [1.82, 2.24) is 52.8 Å². The Balaban J connectivity index is 2.52. The fourth-order valence-corrected chi connectivity index (χ4v) is 9.54. The van der Waals surface area contributed by atoms with Gasteiger partial charge >= 0.3 is 17.9 Å². The van der Waals surface area contributed by atoms with E-state index in [4.69, 9.17) is 40.1 Å². The Hall–Kier alpha value is -10.1. The van der Waals surface area contributed by atoms with Crippen LogP contribution in [0.2, 0.25) is 0 Å². The second-order valence-electron chi connectivity index (χ2n) is 22.7. The summed E-state index contributed by atoms with van der Waals surface area (Å²) in [5.74, 6) is -19.9. The number of nitrogens with zero attached hydrogens (tertiary/aromatic N) is 2. The molecule has 38 heteroatoms. The molecule has 0 aromatic heterocycles. The van der Waals surface area contributed by atoms with Crippen LogP contribution >= 0.6 is 0 Å². The van der Waals surface area contributed by atoms with Gasteiger partial charge in [-0.25, -0.2) is 4.79 Å². The maximum absolute atomic E-state index is 14.4. The molecule has 2 rings (SSSR count). The van der Waals surface area contributed by atoms with Gasteiger partial charge in [0.15, 0.2) is 5.96 Å². The number of carboxylic acid groups (broad SMARTS) is 3. The van der Waals surface area contributed by atoms with Crippen molar-refractivity contribution in [2.45, 2.75) is 183 Å². The van der Waals surface area contributed by atoms with Crippen LogP contribution in [0.25, 0.3) is 0 Å². The van der Waals surface area contributed by atoms with Crippen LogP contribution in [0.4, 0.5) is 0 Å². The Morgan fingerprint density at radius 2 is 0.989 bits per heavy atom. The van der Waals surface area contributed by atoms with E-state index in [1.54, 1.807) is 30.3 Å². The van der Waals surface area contributed by atoms with Crippen molar-refractivity contribution >= 4 is 101 Å². The number of benzene rings is 1. The van der Waals surface area contributed by atoms with E-state index < -0.39 is 212 Å². The molecule has 1 saturated heterocycles. The molecule has 1 heterocycles. The van der Waals surface area contributed by atoms with Gasteiger partial charge in [-0.05, 0) is 82.2 Å². The van der Waals surface area contributed by atoms with E-state index in [2.05, 4.69) is 47.5 Å². The van der Waals surface area contributed by atoms with Crippen LogP contribution in [0.15, 0.2) is 35.3 Å². The van der Waals surface area contributed by atoms with E-state index in [0.29, 0.717) is 18.4 Å². The Morgan fingerprint density at radius 1 is 0.526 bits per heavy atom. The molecule has 1 fully saturated rings. The molecule has 11 atom stereocenters. The number of hydrogen-bond donors (Lipinski definition) is 20. The molecule has 0 saturated carbocycles. The van der Waals surface area contributed by atoms with Crippen molar-refractivity contribution in [3.63, 3.8) is 0 Å². The summed E-state index contributed by atoms with van der Waals surface area (Å²) in [6.45, 7) is 1.68. The topological polar surface area (TPSA) is 660 Å². The summed E-state index contributed by atoms with van der Waals surface area (Å²) in [6, 6.07) is -10.3. The molecule has 0 radical (unpaired) electrons. The summed E-state index contributed by atoms with van der Waals surface area (Å²) in [5, 5.41) is 60.3. The Kier molecular flexibility index (Phi) is 35.4. The maximum Gasteiger partial charge on any atom is 0.326 e. The fraction of sp³-hybridized carbons (Fsp3) is 0.596. The lowest BCUT2D eigenvalue weighted by Crippen LogP contribution is -2.61. The van der Waals surface area contributed by atoms with E-state index in [-0.39, 0.29) is 77.0 Å². The lowest BCUT2D eigenvalue weighted by atomic mass is 10.0. The maximum atomic E-state index is 14.4. The molecule has 0 bridgehead atoms. The zero-order valence-electron chi connectivity index (χ0n) is 52.7. The molecule has 0 spiro atoms. The smallest absolute Gasteiger partial charge is 0.326 e. The number of aliphatic imine (C=N–C) groups is 1. The first-order chi connectivity index (χ1) is 44.7. The van der Waals surface area contributed by atoms with Gasteiger partial charge < -0.3 is 113 Å². The predicted molar refractivity (Wildman–Crippen MR) is 332 cm³/mol. The van der Waals surface area contributed by atoms with Crippen LogP contribution in [0.1, 0.15) is 116 Å². The standard InChI is InChI=1S/C57H90N18O20/c1-28(2)45(56(94)95)74-54(92)39-14-9-23-75(39)55(93)37(25-42(62)79)72-50(88)34(17-20-43(80)81)69-52(90)36(26-44(82)83)71-53(91)38(27-76)73-48(86)32(13-8-22-65-57(63)64)67-49(87)33(16-19-41(61)78)68-51(89)35(24-29-10-4-3-5-11-29)70-47(85)31(12-6-7-21-58)66-46(84)30(59)15-18-40(60)77/h3-5,10-11,28,30-39,45,76H,6-9,12-27,58-59H2,1-2H3,(H2,60,77)(H2,61,78)(H2,62,79)(H,66,84)(H,67,87)(H,68,89)(H,69,90)(H,70,85)(H,71,91)(H,72,88)(H,73,86)(H,74,92)(H,80,81)(H,82,83)(H,94,95)(H4,63,64,65)/t30-,31-,32-,33-,34-,35-,36-,37-,38-,39-,45-/m0/s1. The Labute approximate surface area is 545 Å². The van der Waals surface area contributed by atoms with E-state index >= 15 is 0 Å². The molecule has 13 amide bonds. The highest BCUT2D eigenvalue weighted by atomic mass is 16.4. The lowest BCUT2D eigenvalue weighted by molar-refractivity contribution is -0.146. The van der Waals surface area contributed by atoms with Gasteiger partial charge in [-0.2, -0.15) is 0 Å². The zero-order chi connectivity index (χ0) is 71.6. The highest BCUT2D eigenvalue weighted by Gasteiger charge is 2.42. The van der Waals surface area contributed by atoms with Crippen LogP contribution in [-0.4, -0.2) is 219 Å². The van der Waals surface area contributed by atoms with Crippen molar-refractivity contribution < 1.29 is 97.1 Å². The lowest BCUT2D eigenvalue weighted by Gasteiger charge is -2.30. The molecule has 0 unspecified atom stereocenters. The number of guanidine groups is 1. The fourth-order valence-electron chi connectivity index (χ4n) is 9.54. The average Bonchev–Trinajstić information content (AvgIpc) is 1.77. The van der Waals surface area contributed by atoms with E-state index in [1.807, 2.05) is 5.32 Å². The van der Waals surface area contributed by atoms with Crippen LogP contribution in [0, 0.1) is 5.92 Å². The number of aliphatic hydroxyl groups excluding tert-OH is 1. The third kappa shape index (κ3) is 30.0. The van der Waals surface area contributed by atoms with Gasteiger partial charge in [-0.15, -0.1) is 0 Å². The first-order valence-electron chi connectivity index (χ1n) is 30.4. The molecule has 95 heavy (non-hydrogen) atoms. The number of primary amides is 3. The molecule has 1 aliphatic heterocycles. The van der Waals surface area contributed by atoms with Crippen molar-refractivity contribution in [1.29, 1.82) is 0 Å². The van der Waals surface area contributed by atoms with Crippen molar-refractivity contribution in [3.05, 3.63) is 35.9 Å². The molecule has 27 N–H and O–H groups in total. The van der Waals surface area contributed by atoms with Gasteiger partial charge in [0.2, 0.25) is 76.8 Å². The highest BCUT2D eigenvalue weighted by molar-refractivity contribution is 6.00.